The van der Waals surface area contributed by atoms with Gasteiger partial charge in [-0.05, 0) is 40.0 Å². The molecular weight excluding hydrogens is 342 g/mol. The molecule has 1 aliphatic carbocycles. The molecule has 0 aromatic carbocycles. The number of nitrogens with zero attached hydrogens (tertiary/aromatic N) is 2. The number of nitrogens with one attached hydrogen (secondary N) is 1. The summed E-state index contributed by atoms with van der Waals surface area (Å²) in [6.07, 6.45) is 2.83. The third kappa shape index (κ3) is 3.79. The number of anilines is 1. The van der Waals surface area contributed by atoms with E-state index in [1.165, 1.54) is 11.3 Å². The van der Waals surface area contributed by atoms with E-state index in [4.69, 9.17) is 9.47 Å². The Kier molecular flexibility index (Phi) is 4.76. The average molecular weight is 367 g/mol. The van der Waals surface area contributed by atoms with Crippen LogP contribution in [0.3, 0.4) is 0 Å². The summed E-state index contributed by atoms with van der Waals surface area (Å²) in [5.41, 5.74) is -0.268. The van der Waals surface area contributed by atoms with Crippen LogP contribution in [-0.2, 0) is 27.2 Å². The van der Waals surface area contributed by atoms with Gasteiger partial charge in [0.05, 0.1) is 12.2 Å². The van der Waals surface area contributed by atoms with E-state index in [0.717, 1.165) is 29.8 Å². The molecule has 0 radical (unpaired) electrons. The van der Waals surface area contributed by atoms with Gasteiger partial charge in [-0.3, -0.25) is 10.1 Å². The summed E-state index contributed by atoms with van der Waals surface area (Å²) in [7, 11) is 1.57. The zero-order valence-electron chi connectivity index (χ0n) is 15.2. The summed E-state index contributed by atoms with van der Waals surface area (Å²) in [5, 5.41) is 3.46. The molecule has 0 atom stereocenters. The fraction of sp³-hybridized carbons (Fsp3) is 0.706. The average Bonchev–Trinajstić information content (AvgIpc) is 2.85. The van der Waals surface area contributed by atoms with Gasteiger partial charge in [-0.25, -0.2) is 9.78 Å². The van der Waals surface area contributed by atoms with E-state index in [2.05, 4.69) is 10.3 Å². The summed E-state index contributed by atoms with van der Waals surface area (Å²) in [6, 6.07) is 0. The summed E-state index contributed by atoms with van der Waals surface area (Å²) < 4.78 is 10.8. The largest absolute Gasteiger partial charge is 0.444 e. The molecule has 2 amide bonds. The molecular formula is C17H25N3O4S. The Morgan fingerprint density at radius 1 is 1.32 bits per heavy atom. The van der Waals surface area contributed by atoms with Crippen LogP contribution in [0.5, 0.6) is 0 Å². The Morgan fingerprint density at radius 3 is 2.60 bits per heavy atom. The first-order valence-corrected chi connectivity index (χ1v) is 9.37. The molecule has 1 N–H and O–H groups in total. The summed E-state index contributed by atoms with van der Waals surface area (Å²) in [5.74, 6) is -0.128. The molecule has 0 unspecified atom stereocenters. The highest BCUT2D eigenvalue weighted by Gasteiger charge is 2.45. The van der Waals surface area contributed by atoms with Gasteiger partial charge in [0.25, 0.3) is 5.91 Å². The molecule has 7 nitrogen and oxygen atoms in total. The fourth-order valence-corrected chi connectivity index (χ4v) is 3.98. The molecule has 2 aliphatic rings. The van der Waals surface area contributed by atoms with Crippen molar-refractivity contribution >= 4 is 28.5 Å². The Labute approximate surface area is 151 Å². The minimum absolute atomic E-state index is 0.128. The third-order valence-corrected chi connectivity index (χ3v) is 5.57. The smallest absolute Gasteiger partial charge is 0.410 e. The monoisotopic (exact) mass is 367 g/mol. The van der Waals surface area contributed by atoms with Crippen molar-refractivity contribution in [3.8, 4) is 0 Å². The van der Waals surface area contributed by atoms with Gasteiger partial charge < -0.3 is 14.4 Å². The maximum Gasteiger partial charge on any atom is 0.410 e. The van der Waals surface area contributed by atoms with Gasteiger partial charge in [-0.1, -0.05) is 11.3 Å². The van der Waals surface area contributed by atoms with Gasteiger partial charge in [0.2, 0.25) is 0 Å². The molecule has 0 bridgehead atoms. The summed E-state index contributed by atoms with van der Waals surface area (Å²) in [4.78, 5) is 31.9. The van der Waals surface area contributed by atoms with Crippen LogP contribution in [-0.4, -0.2) is 46.7 Å². The number of aromatic nitrogens is 1. The zero-order chi connectivity index (χ0) is 18.2. The van der Waals surface area contributed by atoms with E-state index < -0.39 is 11.2 Å². The van der Waals surface area contributed by atoms with Crippen molar-refractivity contribution in [1.29, 1.82) is 0 Å². The lowest BCUT2D eigenvalue weighted by atomic mass is 9.79. The van der Waals surface area contributed by atoms with Crippen LogP contribution in [0, 0.1) is 0 Å². The first-order valence-electron chi connectivity index (χ1n) is 8.55. The van der Waals surface area contributed by atoms with Crippen LogP contribution < -0.4 is 5.32 Å². The molecule has 8 heteroatoms. The van der Waals surface area contributed by atoms with Crippen molar-refractivity contribution in [2.45, 2.75) is 64.2 Å². The van der Waals surface area contributed by atoms with Gasteiger partial charge in [-0.2, -0.15) is 0 Å². The van der Waals surface area contributed by atoms with Gasteiger partial charge in [0.15, 0.2) is 5.13 Å². The number of thiazole rings is 1. The second-order valence-electron chi connectivity index (χ2n) is 7.55. The van der Waals surface area contributed by atoms with Crippen molar-refractivity contribution in [3.63, 3.8) is 0 Å². The van der Waals surface area contributed by atoms with E-state index in [1.807, 2.05) is 20.8 Å². The van der Waals surface area contributed by atoms with Gasteiger partial charge in [-0.15, -0.1) is 0 Å². The number of methoxy groups -OCH3 is 1. The van der Waals surface area contributed by atoms with Crippen molar-refractivity contribution in [1.82, 2.24) is 9.88 Å². The topological polar surface area (TPSA) is 80.8 Å². The molecule has 1 fully saturated rings. The highest BCUT2D eigenvalue weighted by Crippen LogP contribution is 2.37. The van der Waals surface area contributed by atoms with E-state index in [0.29, 0.717) is 24.6 Å². The van der Waals surface area contributed by atoms with Crippen LogP contribution in [0.15, 0.2) is 0 Å². The van der Waals surface area contributed by atoms with Crippen LogP contribution in [0.1, 0.15) is 50.6 Å². The number of hydrogen-bond donors (Lipinski definition) is 1. The SMILES string of the molecule is COC1(C(=O)Nc2nc3c(s2)CN(C(=O)OC(C)(C)C)CC3)CCC1. The molecule has 138 valence electrons. The highest BCUT2D eigenvalue weighted by molar-refractivity contribution is 7.15. The molecule has 3 rings (SSSR count). The van der Waals surface area contributed by atoms with Crippen LogP contribution in [0.25, 0.3) is 0 Å². The van der Waals surface area contributed by atoms with Gasteiger partial charge in [0, 0.05) is 25.0 Å². The predicted octanol–water partition coefficient (Wildman–Crippen LogP) is 2.94. The quantitative estimate of drug-likeness (QED) is 0.888. The molecule has 0 saturated heterocycles. The maximum absolute atomic E-state index is 12.4. The lowest BCUT2D eigenvalue weighted by molar-refractivity contribution is -0.148. The summed E-state index contributed by atoms with van der Waals surface area (Å²) >= 11 is 1.42. The van der Waals surface area contributed by atoms with Crippen molar-refractivity contribution < 1.29 is 19.1 Å². The van der Waals surface area contributed by atoms with Crippen molar-refractivity contribution in [2.75, 3.05) is 19.0 Å². The van der Waals surface area contributed by atoms with Gasteiger partial charge in [0.1, 0.15) is 11.2 Å². The molecule has 1 aromatic heterocycles. The summed E-state index contributed by atoms with van der Waals surface area (Å²) in [6.45, 7) is 6.60. The van der Waals surface area contributed by atoms with Crippen molar-refractivity contribution in [3.05, 3.63) is 10.6 Å². The highest BCUT2D eigenvalue weighted by atomic mass is 32.1. The minimum atomic E-state index is -0.700. The van der Waals surface area contributed by atoms with Crippen molar-refractivity contribution in [2.24, 2.45) is 0 Å². The Balaban J connectivity index is 1.65. The zero-order valence-corrected chi connectivity index (χ0v) is 16.0. The van der Waals surface area contributed by atoms with Crippen LogP contribution >= 0.6 is 11.3 Å². The number of carbonyl (C=O) groups is 2. The van der Waals surface area contributed by atoms with Crippen LogP contribution in [0.4, 0.5) is 9.93 Å². The fourth-order valence-electron chi connectivity index (χ4n) is 2.96. The first-order chi connectivity index (χ1) is 11.7. The normalized spacial score (nSPS) is 19.0. The lowest BCUT2D eigenvalue weighted by Crippen LogP contribution is -2.50. The molecule has 1 aliphatic heterocycles. The second kappa shape index (κ2) is 6.57. The number of rotatable bonds is 3. The molecule has 1 aromatic rings. The van der Waals surface area contributed by atoms with E-state index in [1.54, 1.807) is 12.0 Å². The third-order valence-electron chi connectivity index (χ3n) is 4.57. The van der Waals surface area contributed by atoms with Gasteiger partial charge >= 0.3 is 6.09 Å². The number of fused-ring (bicyclic) bond motifs is 1. The predicted molar refractivity (Wildman–Crippen MR) is 94.7 cm³/mol. The maximum atomic E-state index is 12.4. The molecule has 2 heterocycles. The minimum Gasteiger partial charge on any atom is -0.444 e. The number of hydrogen-bond acceptors (Lipinski definition) is 6. The lowest BCUT2D eigenvalue weighted by Gasteiger charge is -2.38. The first kappa shape index (κ1) is 18.1. The standard InChI is InChI=1S/C17H25N3O4S/c1-16(2,3)24-15(22)20-9-6-11-12(10-20)25-14(18-11)19-13(21)17(23-4)7-5-8-17/h5-10H2,1-4H3,(H,18,19,21). The second-order valence-corrected chi connectivity index (χ2v) is 8.63. The van der Waals surface area contributed by atoms with E-state index >= 15 is 0 Å². The molecule has 1 saturated carbocycles. The van der Waals surface area contributed by atoms with E-state index in [-0.39, 0.29) is 12.0 Å². The number of carbonyl (C=O) groups excluding carboxylic acids is 2. The Morgan fingerprint density at radius 2 is 2.04 bits per heavy atom. The Hall–Kier alpha value is -1.67. The van der Waals surface area contributed by atoms with E-state index in [9.17, 15) is 9.59 Å². The number of amides is 2. The van der Waals surface area contributed by atoms with Crippen LogP contribution in [0.2, 0.25) is 0 Å². The Bertz CT molecular complexity index is 670. The number of ether oxygens (including phenoxy) is 2. The molecule has 25 heavy (non-hydrogen) atoms. The molecule has 0 spiro atoms.